The molecule has 166 valence electrons. The quantitative estimate of drug-likeness (QED) is 0.435. The number of carbonyl (C=O) groups excluding carboxylic acids is 1. The molecule has 31 heavy (non-hydrogen) atoms. The van der Waals surface area contributed by atoms with Crippen LogP contribution in [0, 0.1) is 5.82 Å². The minimum Gasteiger partial charge on any atom is -0.407 e. The van der Waals surface area contributed by atoms with Crippen LogP contribution in [0.4, 0.5) is 46.9 Å². The molecule has 1 aliphatic heterocycles. The van der Waals surface area contributed by atoms with Crippen molar-refractivity contribution < 1.29 is 40.3 Å². The van der Waals surface area contributed by atoms with E-state index in [1.54, 1.807) is 12.2 Å². The van der Waals surface area contributed by atoms with Crippen molar-refractivity contribution >= 4 is 17.5 Å². The summed E-state index contributed by atoms with van der Waals surface area (Å²) in [6.45, 7) is 0.0773. The molecule has 2 aromatic carbocycles. The van der Waals surface area contributed by atoms with Crippen LogP contribution >= 0.6 is 0 Å². The van der Waals surface area contributed by atoms with Gasteiger partial charge in [-0.2, -0.15) is 26.3 Å². The van der Waals surface area contributed by atoms with Crippen molar-refractivity contribution in [3.8, 4) is 5.75 Å². The monoisotopic (exact) mass is 448 g/mol. The molecule has 4 nitrogen and oxygen atoms in total. The molecule has 0 saturated heterocycles. The summed E-state index contributed by atoms with van der Waals surface area (Å²) in [5, 5.41) is 0. The lowest BCUT2D eigenvalue weighted by atomic mass is 10.1. The standard InChI is InChI=1S/C20H15F7N2O2/c1-28(14-6-4-13(21)5-7-14)18(30)31-17-15(20(25,26)27)10-12(19(22,23)24)11-16(17)29-8-2-3-9-29/h2-7,10-11H,8-9H2,1H3. The molecule has 0 aliphatic carbocycles. The fourth-order valence-corrected chi connectivity index (χ4v) is 2.93. The number of benzene rings is 2. The third-order valence-corrected chi connectivity index (χ3v) is 4.54. The summed E-state index contributed by atoms with van der Waals surface area (Å²) >= 11 is 0. The number of halogens is 7. The molecule has 1 amide bonds. The number of hydrogen-bond donors (Lipinski definition) is 0. The molecule has 0 radical (unpaired) electrons. The van der Waals surface area contributed by atoms with E-state index in [-0.39, 0.29) is 24.8 Å². The summed E-state index contributed by atoms with van der Waals surface area (Å²) in [4.78, 5) is 14.5. The van der Waals surface area contributed by atoms with Crippen LogP contribution in [0.1, 0.15) is 11.1 Å². The van der Waals surface area contributed by atoms with E-state index < -0.39 is 46.8 Å². The van der Waals surface area contributed by atoms with Crippen molar-refractivity contribution in [3.63, 3.8) is 0 Å². The van der Waals surface area contributed by atoms with Gasteiger partial charge < -0.3 is 9.64 Å². The number of nitrogens with zero attached hydrogens (tertiary/aromatic N) is 2. The first-order valence-electron chi connectivity index (χ1n) is 8.81. The van der Waals surface area contributed by atoms with Gasteiger partial charge in [-0.1, -0.05) is 12.2 Å². The zero-order chi connectivity index (χ0) is 23.0. The van der Waals surface area contributed by atoms with Gasteiger partial charge in [0.15, 0.2) is 5.75 Å². The van der Waals surface area contributed by atoms with E-state index in [2.05, 4.69) is 0 Å². The van der Waals surface area contributed by atoms with E-state index in [1.165, 1.54) is 24.1 Å². The first kappa shape index (κ1) is 22.4. The Morgan fingerprint density at radius 2 is 1.55 bits per heavy atom. The topological polar surface area (TPSA) is 32.8 Å². The van der Waals surface area contributed by atoms with Crippen molar-refractivity contribution in [3.05, 3.63) is 65.5 Å². The van der Waals surface area contributed by atoms with Crippen molar-refractivity contribution in [1.82, 2.24) is 0 Å². The smallest absolute Gasteiger partial charge is 0.407 e. The average Bonchev–Trinajstić information content (AvgIpc) is 3.21. The van der Waals surface area contributed by atoms with Gasteiger partial charge in [0.1, 0.15) is 11.4 Å². The summed E-state index contributed by atoms with van der Waals surface area (Å²) in [5.74, 6) is -1.64. The minimum absolute atomic E-state index is 0.0387. The summed E-state index contributed by atoms with van der Waals surface area (Å²) < 4.78 is 98.8. The average molecular weight is 448 g/mol. The number of anilines is 2. The van der Waals surface area contributed by atoms with Crippen molar-refractivity contribution in [2.75, 3.05) is 29.9 Å². The van der Waals surface area contributed by atoms with E-state index in [4.69, 9.17) is 4.74 Å². The molecule has 1 aliphatic rings. The highest BCUT2D eigenvalue weighted by molar-refractivity contribution is 5.90. The van der Waals surface area contributed by atoms with Gasteiger partial charge in [0.25, 0.3) is 0 Å². The van der Waals surface area contributed by atoms with Crippen molar-refractivity contribution in [2.45, 2.75) is 12.4 Å². The highest BCUT2D eigenvalue weighted by Crippen LogP contribution is 2.46. The van der Waals surface area contributed by atoms with Gasteiger partial charge in [-0.05, 0) is 36.4 Å². The normalized spacial score (nSPS) is 14.1. The molecule has 3 rings (SSSR count). The van der Waals surface area contributed by atoms with Crippen LogP contribution in [0.25, 0.3) is 0 Å². The van der Waals surface area contributed by atoms with Gasteiger partial charge in [-0.25, -0.2) is 9.18 Å². The lowest BCUT2D eigenvalue weighted by Crippen LogP contribution is -2.31. The molecule has 2 aromatic rings. The first-order chi connectivity index (χ1) is 14.4. The third-order valence-electron chi connectivity index (χ3n) is 4.54. The van der Waals surface area contributed by atoms with E-state index in [0.717, 1.165) is 17.0 Å². The molecule has 0 N–H and O–H groups in total. The van der Waals surface area contributed by atoms with Gasteiger partial charge in [0.2, 0.25) is 0 Å². The molecule has 1 heterocycles. The summed E-state index contributed by atoms with van der Waals surface area (Å²) in [6, 6.07) is 4.87. The maximum absolute atomic E-state index is 13.7. The lowest BCUT2D eigenvalue weighted by molar-refractivity contribution is -0.143. The second-order valence-corrected chi connectivity index (χ2v) is 6.65. The van der Waals surface area contributed by atoms with Crippen molar-refractivity contribution in [1.29, 1.82) is 0 Å². The number of ether oxygens (including phenoxy) is 1. The van der Waals surface area contributed by atoms with Crippen LogP contribution in [0.2, 0.25) is 0 Å². The summed E-state index contributed by atoms with van der Waals surface area (Å²) in [7, 11) is 1.17. The molecule has 0 atom stereocenters. The second kappa shape index (κ2) is 8.12. The highest BCUT2D eigenvalue weighted by Gasteiger charge is 2.42. The SMILES string of the molecule is CN(C(=O)Oc1c(N2CC=CC2)cc(C(F)(F)F)cc1C(F)(F)F)c1ccc(F)cc1. The Kier molecular flexibility index (Phi) is 5.88. The van der Waals surface area contributed by atoms with Gasteiger partial charge >= 0.3 is 18.4 Å². The van der Waals surface area contributed by atoms with Crippen LogP contribution in [0.3, 0.4) is 0 Å². The molecule has 0 bridgehead atoms. The Hall–Kier alpha value is -3.24. The molecule has 0 spiro atoms. The fraction of sp³-hybridized carbons (Fsp3) is 0.250. The van der Waals surface area contributed by atoms with E-state index >= 15 is 0 Å². The Labute approximate surface area is 172 Å². The number of carbonyl (C=O) groups is 1. The fourth-order valence-electron chi connectivity index (χ4n) is 2.93. The van der Waals surface area contributed by atoms with E-state index in [1.807, 2.05) is 0 Å². The highest BCUT2D eigenvalue weighted by atomic mass is 19.4. The molecular weight excluding hydrogens is 433 g/mol. The number of alkyl halides is 6. The largest absolute Gasteiger partial charge is 0.420 e. The van der Waals surface area contributed by atoms with Gasteiger partial charge in [0, 0.05) is 25.8 Å². The number of amides is 1. The van der Waals surface area contributed by atoms with Crippen LogP contribution < -0.4 is 14.5 Å². The van der Waals surface area contributed by atoms with Gasteiger partial charge in [-0.15, -0.1) is 0 Å². The van der Waals surface area contributed by atoms with E-state index in [0.29, 0.717) is 6.07 Å². The van der Waals surface area contributed by atoms with E-state index in [9.17, 15) is 35.5 Å². The van der Waals surface area contributed by atoms with Gasteiger partial charge in [-0.3, -0.25) is 4.90 Å². The zero-order valence-electron chi connectivity index (χ0n) is 15.9. The van der Waals surface area contributed by atoms with Gasteiger partial charge in [0.05, 0.1) is 11.3 Å². The Morgan fingerprint density at radius 1 is 0.968 bits per heavy atom. The maximum Gasteiger partial charge on any atom is 0.420 e. The number of hydrogen-bond acceptors (Lipinski definition) is 3. The molecular formula is C20H15F7N2O2. The summed E-state index contributed by atoms with van der Waals surface area (Å²) in [5.41, 5.74) is -3.66. The second-order valence-electron chi connectivity index (χ2n) is 6.65. The molecule has 0 unspecified atom stereocenters. The zero-order valence-corrected chi connectivity index (χ0v) is 15.9. The molecule has 0 fully saturated rings. The Morgan fingerprint density at radius 3 is 2.06 bits per heavy atom. The Balaban J connectivity index is 2.08. The molecule has 0 aromatic heterocycles. The lowest BCUT2D eigenvalue weighted by Gasteiger charge is -2.26. The minimum atomic E-state index is -5.23. The predicted molar refractivity (Wildman–Crippen MR) is 98.6 cm³/mol. The van der Waals surface area contributed by atoms with Crippen LogP contribution in [-0.2, 0) is 12.4 Å². The maximum atomic E-state index is 13.7. The molecule has 11 heteroatoms. The first-order valence-corrected chi connectivity index (χ1v) is 8.81. The molecule has 0 saturated carbocycles. The van der Waals surface area contributed by atoms with Crippen LogP contribution in [0.15, 0.2) is 48.6 Å². The number of rotatable bonds is 3. The Bertz CT molecular complexity index is 990. The van der Waals surface area contributed by atoms with Crippen molar-refractivity contribution in [2.24, 2.45) is 0 Å². The van der Waals surface area contributed by atoms with Crippen LogP contribution in [-0.4, -0.2) is 26.2 Å². The summed E-state index contributed by atoms with van der Waals surface area (Å²) in [6.07, 6.45) is -8.44. The predicted octanol–water partition coefficient (Wildman–Crippen LogP) is 5.87. The van der Waals surface area contributed by atoms with Crippen LogP contribution in [0.5, 0.6) is 5.75 Å². The third kappa shape index (κ3) is 4.92.